The third-order valence-corrected chi connectivity index (χ3v) is 4.28. The summed E-state index contributed by atoms with van der Waals surface area (Å²) in [5, 5.41) is 5.61. The highest BCUT2D eigenvalue weighted by Gasteiger charge is 2.36. The van der Waals surface area contributed by atoms with E-state index in [2.05, 4.69) is 10.1 Å². The van der Waals surface area contributed by atoms with Crippen molar-refractivity contribution in [2.24, 2.45) is 5.16 Å². The van der Waals surface area contributed by atoms with Gasteiger partial charge in [-0.15, -0.1) is 16.2 Å². The molecular weight excluding hydrogens is 414 g/mol. The smallest absolute Gasteiger partial charge is 0.368 e. The second-order valence-electron chi connectivity index (χ2n) is 7.45. The summed E-state index contributed by atoms with van der Waals surface area (Å²) in [7, 11) is 0. The van der Waals surface area contributed by atoms with Crippen LogP contribution in [0.15, 0.2) is 39.7 Å². The number of hydrogen-bond donors (Lipinski definition) is 1. The molecular formula is C19H22N3O5S2-. The number of carbonyl (C=O) groups excluding carboxylic acids is 2. The largest absolute Gasteiger partial charge is 0.776 e. The van der Waals surface area contributed by atoms with Crippen molar-refractivity contribution in [3.8, 4) is 5.75 Å². The summed E-state index contributed by atoms with van der Waals surface area (Å²) in [6, 6.07) is 6.58. The number of hydrogen-bond acceptors (Lipinski definition) is 10. The second-order valence-corrected chi connectivity index (χ2v) is 8.78. The van der Waals surface area contributed by atoms with E-state index in [0.717, 1.165) is 11.3 Å². The molecule has 2 N–H and O–H groups in total. The predicted molar refractivity (Wildman–Crippen MR) is 112 cm³/mol. The third kappa shape index (κ3) is 6.40. The minimum absolute atomic E-state index is 0.152. The van der Waals surface area contributed by atoms with Crippen LogP contribution in [-0.4, -0.2) is 33.8 Å². The van der Waals surface area contributed by atoms with Gasteiger partial charge in [-0.25, -0.2) is 14.6 Å². The van der Waals surface area contributed by atoms with Gasteiger partial charge in [0, 0.05) is 5.38 Å². The molecule has 0 atom stereocenters. The van der Waals surface area contributed by atoms with E-state index in [-0.39, 0.29) is 22.3 Å². The molecule has 0 amide bonds. The molecule has 2 rings (SSSR count). The van der Waals surface area contributed by atoms with Crippen molar-refractivity contribution in [1.82, 2.24) is 4.98 Å². The van der Waals surface area contributed by atoms with Gasteiger partial charge in [-0.3, -0.25) is 0 Å². The average molecular weight is 437 g/mol. The first-order valence-electron chi connectivity index (χ1n) is 8.58. The molecule has 0 bridgehead atoms. The summed E-state index contributed by atoms with van der Waals surface area (Å²) < 4.78 is 10.7. The van der Waals surface area contributed by atoms with Gasteiger partial charge in [-0.1, -0.05) is 23.4 Å². The number of benzene rings is 1. The minimum Gasteiger partial charge on any atom is -0.776 e. The van der Waals surface area contributed by atoms with Gasteiger partial charge in [0.2, 0.25) is 11.3 Å². The van der Waals surface area contributed by atoms with E-state index in [9.17, 15) is 9.59 Å². The maximum absolute atomic E-state index is 12.7. The predicted octanol–water partition coefficient (Wildman–Crippen LogP) is 3.08. The molecule has 1 aromatic heterocycles. The molecule has 29 heavy (non-hydrogen) atoms. The third-order valence-electron chi connectivity index (χ3n) is 3.27. The Labute approximate surface area is 178 Å². The number of nitrogen functional groups attached to an aromatic ring is 1. The first kappa shape index (κ1) is 22.6. The Balaban J connectivity index is 2.30. The zero-order valence-electron chi connectivity index (χ0n) is 16.7. The first-order chi connectivity index (χ1) is 13.4. The number of ether oxygens (including phenoxy) is 2. The zero-order valence-corrected chi connectivity index (χ0v) is 18.3. The number of thiazole rings is 1. The Morgan fingerprint density at radius 1 is 1.17 bits per heavy atom. The molecule has 0 radical (unpaired) electrons. The van der Waals surface area contributed by atoms with Crippen LogP contribution in [0, 0.1) is 0 Å². The number of aromatic nitrogens is 1. The summed E-state index contributed by atoms with van der Waals surface area (Å²) in [6.45, 7) is 8.15. The Hall–Kier alpha value is -2.72. The SMILES string of the molecule is CC(C)(C)OC(=O)C(C)(C)O/N=C(\C(=O)Oc1ccccc1[S-])c1csc(N)n1. The maximum atomic E-state index is 12.7. The molecule has 0 unspecified atom stereocenters. The van der Waals surface area contributed by atoms with E-state index in [0.29, 0.717) is 4.90 Å². The highest BCUT2D eigenvalue weighted by atomic mass is 32.1. The zero-order chi connectivity index (χ0) is 21.8. The van der Waals surface area contributed by atoms with Crippen LogP contribution >= 0.6 is 11.3 Å². The molecule has 1 heterocycles. The molecule has 156 valence electrons. The summed E-state index contributed by atoms with van der Waals surface area (Å²) in [6.07, 6.45) is 0. The van der Waals surface area contributed by atoms with Crippen molar-refractivity contribution in [2.75, 3.05) is 5.73 Å². The molecule has 0 aliphatic rings. The van der Waals surface area contributed by atoms with Gasteiger partial charge in [-0.05, 0) is 40.7 Å². The Kier molecular flexibility index (Phi) is 6.81. The van der Waals surface area contributed by atoms with Gasteiger partial charge < -0.3 is 32.7 Å². The van der Waals surface area contributed by atoms with Crippen LogP contribution in [0.3, 0.4) is 0 Å². The lowest BCUT2D eigenvalue weighted by atomic mass is 10.1. The summed E-state index contributed by atoms with van der Waals surface area (Å²) in [5.41, 5.74) is 3.39. The molecule has 0 fully saturated rings. The van der Waals surface area contributed by atoms with Crippen LogP contribution in [0.1, 0.15) is 40.3 Å². The van der Waals surface area contributed by atoms with Crippen molar-refractivity contribution in [3.63, 3.8) is 0 Å². The Bertz CT molecular complexity index is 932. The highest BCUT2D eigenvalue weighted by molar-refractivity contribution is 7.59. The van der Waals surface area contributed by atoms with Crippen molar-refractivity contribution < 1.29 is 23.9 Å². The van der Waals surface area contributed by atoms with Crippen LogP contribution in [0.2, 0.25) is 0 Å². The van der Waals surface area contributed by atoms with E-state index in [1.807, 2.05) is 0 Å². The quantitative estimate of drug-likeness (QED) is 0.242. The fourth-order valence-electron chi connectivity index (χ4n) is 1.87. The lowest BCUT2D eigenvalue weighted by molar-refractivity contribution is -0.179. The fraction of sp³-hybridized carbons (Fsp3) is 0.368. The standard InChI is InChI=1S/C19H23N3O5S2/c1-18(2,3)26-16(24)19(4,5)27-22-14(11-10-29-17(20)21-11)15(23)25-12-8-6-7-9-13(12)28/h6-10,28H,1-5H3,(H2,20,21)/p-1/b22-14-. The Morgan fingerprint density at radius 2 is 1.83 bits per heavy atom. The lowest BCUT2D eigenvalue weighted by Gasteiger charge is -2.26. The molecule has 0 saturated heterocycles. The number of para-hydroxylation sites is 1. The molecule has 1 aromatic carbocycles. The van der Waals surface area contributed by atoms with Crippen molar-refractivity contribution in [1.29, 1.82) is 0 Å². The topological polar surface area (TPSA) is 113 Å². The van der Waals surface area contributed by atoms with E-state index < -0.39 is 23.1 Å². The molecule has 2 aromatic rings. The van der Waals surface area contributed by atoms with Gasteiger partial charge in [-0.2, -0.15) is 0 Å². The van der Waals surface area contributed by atoms with E-state index in [4.69, 9.17) is 32.7 Å². The number of anilines is 1. The van der Waals surface area contributed by atoms with Gasteiger partial charge in [0.1, 0.15) is 17.0 Å². The highest BCUT2D eigenvalue weighted by Crippen LogP contribution is 2.21. The molecule has 0 aliphatic carbocycles. The summed E-state index contributed by atoms with van der Waals surface area (Å²) >= 11 is 6.26. The first-order valence-corrected chi connectivity index (χ1v) is 9.87. The summed E-state index contributed by atoms with van der Waals surface area (Å²) in [5.74, 6) is -1.31. The maximum Gasteiger partial charge on any atom is 0.368 e. The second kappa shape index (κ2) is 8.75. The summed E-state index contributed by atoms with van der Waals surface area (Å²) in [4.78, 5) is 34.8. The number of nitrogens with zero attached hydrogens (tertiary/aromatic N) is 2. The number of nitrogens with two attached hydrogens (primary N) is 1. The van der Waals surface area contributed by atoms with Gasteiger partial charge in [0.05, 0.1) is 0 Å². The van der Waals surface area contributed by atoms with Crippen LogP contribution in [-0.2, 0) is 31.8 Å². The molecule has 8 nitrogen and oxygen atoms in total. The van der Waals surface area contributed by atoms with Crippen molar-refractivity contribution >= 4 is 46.7 Å². The molecule has 0 spiro atoms. The minimum atomic E-state index is -1.46. The number of esters is 2. The van der Waals surface area contributed by atoms with E-state index >= 15 is 0 Å². The van der Waals surface area contributed by atoms with Crippen LogP contribution < -0.4 is 10.5 Å². The molecule has 10 heteroatoms. The van der Waals surface area contributed by atoms with Crippen molar-refractivity contribution in [3.05, 3.63) is 35.3 Å². The lowest BCUT2D eigenvalue weighted by Crippen LogP contribution is -2.40. The Morgan fingerprint density at radius 3 is 2.38 bits per heavy atom. The van der Waals surface area contributed by atoms with E-state index in [1.54, 1.807) is 45.0 Å². The van der Waals surface area contributed by atoms with E-state index in [1.165, 1.54) is 19.2 Å². The monoisotopic (exact) mass is 436 g/mol. The fourth-order valence-corrected chi connectivity index (χ4v) is 2.60. The number of oxime groups is 1. The average Bonchev–Trinajstić information content (AvgIpc) is 3.01. The van der Waals surface area contributed by atoms with Crippen LogP contribution in [0.4, 0.5) is 5.13 Å². The van der Waals surface area contributed by atoms with Gasteiger partial charge in [0.15, 0.2) is 5.13 Å². The van der Waals surface area contributed by atoms with Crippen molar-refractivity contribution in [2.45, 2.75) is 50.7 Å². The normalized spacial score (nSPS) is 12.4. The number of rotatable bonds is 6. The molecule has 0 saturated carbocycles. The van der Waals surface area contributed by atoms with Crippen LogP contribution in [0.5, 0.6) is 5.75 Å². The molecule has 0 aliphatic heterocycles. The van der Waals surface area contributed by atoms with Gasteiger partial charge in [0.25, 0.3) is 0 Å². The van der Waals surface area contributed by atoms with Gasteiger partial charge >= 0.3 is 11.9 Å². The van der Waals surface area contributed by atoms with Crippen LogP contribution in [0.25, 0.3) is 0 Å². The number of carbonyl (C=O) groups is 2.